The van der Waals surface area contributed by atoms with Crippen LogP contribution in [0.5, 0.6) is 11.5 Å². The Morgan fingerprint density at radius 1 is 0.909 bits per heavy atom. The molecule has 0 spiro atoms. The molecular weight excluding hydrogens is 602 g/mol. The van der Waals surface area contributed by atoms with Crippen molar-refractivity contribution in [1.29, 1.82) is 5.41 Å². The van der Waals surface area contributed by atoms with Crippen LogP contribution < -0.4 is 20.1 Å². The van der Waals surface area contributed by atoms with Crippen LogP contribution in [0.2, 0.25) is 0 Å². The van der Waals surface area contributed by atoms with E-state index >= 15 is 0 Å². The number of ether oxygens (including phenoxy) is 2. The van der Waals surface area contributed by atoms with Gasteiger partial charge in [-0.2, -0.15) is 26.3 Å². The molecule has 2 aromatic carbocycles. The van der Waals surface area contributed by atoms with Crippen LogP contribution in [0.15, 0.2) is 66.9 Å². The second-order valence-electron chi connectivity index (χ2n) is 8.70. The summed E-state index contributed by atoms with van der Waals surface area (Å²) in [5, 5.41) is 21.9. The zero-order valence-corrected chi connectivity index (χ0v) is 23.6. The highest BCUT2D eigenvalue weighted by molar-refractivity contribution is 5.95. The predicted octanol–water partition coefficient (Wildman–Crippen LogP) is 6.16. The van der Waals surface area contributed by atoms with Crippen molar-refractivity contribution < 1.29 is 55.6 Å². The van der Waals surface area contributed by atoms with E-state index < -0.39 is 24.3 Å². The predicted molar refractivity (Wildman–Crippen MR) is 148 cm³/mol. The summed E-state index contributed by atoms with van der Waals surface area (Å²) in [4.78, 5) is 24.4. The molecule has 44 heavy (non-hydrogen) atoms. The van der Waals surface area contributed by atoms with Crippen LogP contribution in [-0.4, -0.2) is 58.0 Å². The minimum absolute atomic E-state index is 0.0478. The molecule has 0 aliphatic heterocycles. The van der Waals surface area contributed by atoms with Gasteiger partial charge in [-0.25, -0.2) is 9.59 Å². The molecule has 0 aliphatic rings. The van der Waals surface area contributed by atoms with Crippen molar-refractivity contribution in [3.63, 3.8) is 0 Å². The van der Waals surface area contributed by atoms with Crippen LogP contribution in [0.4, 0.5) is 37.7 Å². The minimum Gasteiger partial charge on any atom is -0.490 e. The Morgan fingerprint density at radius 2 is 1.43 bits per heavy atom. The fourth-order valence-corrected chi connectivity index (χ4v) is 3.09. The molecule has 0 fully saturated rings. The Kier molecular flexibility index (Phi) is 13.9. The number of carboxylic acids is 2. The third kappa shape index (κ3) is 12.9. The number of benzene rings is 2. The number of hydrogen-bond acceptors (Lipinski definition) is 7. The van der Waals surface area contributed by atoms with Crippen LogP contribution in [0, 0.1) is 5.41 Å². The number of aromatic nitrogens is 1. The summed E-state index contributed by atoms with van der Waals surface area (Å²) >= 11 is 0. The first-order valence-corrected chi connectivity index (χ1v) is 12.5. The van der Waals surface area contributed by atoms with Crippen molar-refractivity contribution in [2.45, 2.75) is 45.8 Å². The van der Waals surface area contributed by atoms with Gasteiger partial charge < -0.3 is 30.3 Å². The van der Waals surface area contributed by atoms with Gasteiger partial charge in [-0.1, -0.05) is 6.07 Å². The summed E-state index contributed by atoms with van der Waals surface area (Å²) in [6, 6.07) is 19.4. The van der Waals surface area contributed by atoms with Crippen molar-refractivity contribution in [2.75, 3.05) is 11.5 Å². The molecule has 0 amide bonds. The fraction of sp³-hybridized carbons (Fsp3) is 0.286. The van der Waals surface area contributed by atoms with Crippen LogP contribution in [0.1, 0.15) is 32.0 Å². The maximum Gasteiger partial charge on any atom is 0.490 e. The molecule has 1 heterocycles. The number of carboxylic acid groups (broad SMARTS) is 2. The second-order valence-corrected chi connectivity index (χ2v) is 8.70. The fourth-order valence-electron chi connectivity index (χ4n) is 3.09. The molecule has 5 N–H and O–H groups in total. The number of nitrogens with one attached hydrogen (secondary N) is 1. The number of nitrogen functional groups attached to an aromatic ring is 1. The topological polar surface area (TPSA) is 159 Å². The van der Waals surface area contributed by atoms with Gasteiger partial charge in [0, 0.05) is 29.2 Å². The van der Waals surface area contributed by atoms with Gasteiger partial charge in [-0.05, 0) is 69.3 Å². The van der Waals surface area contributed by atoms with E-state index in [1.807, 2.05) is 81.4 Å². The lowest BCUT2D eigenvalue weighted by atomic mass is 10.1. The van der Waals surface area contributed by atoms with Crippen molar-refractivity contribution >= 4 is 29.1 Å². The molecule has 0 bridgehead atoms. The molecule has 0 radical (unpaired) electrons. The Labute approximate surface area is 248 Å². The lowest BCUT2D eigenvalue weighted by Gasteiger charge is -2.26. The summed E-state index contributed by atoms with van der Waals surface area (Å²) in [5.41, 5.74) is 9.16. The van der Waals surface area contributed by atoms with Crippen molar-refractivity contribution in [1.82, 2.24) is 4.98 Å². The lowest BCUT2D eigenvalue weighted by molar-refractivity contribution is -0.193. The van der Waals surface area contributed by atoms with E-state index in [-0.39, 0.29) is 11.9 Å². The van der Waals surface area contributed by atoms with E-state index in [0.29, 0.717) is 24.5 Å². The second kappa shape index (κ2) is 16.6. The molecule has 0 saturated heterocycles. The van der Waals surface area contributed by atoms with Gasteiger partial charge in [0.15, 0.2) is 11.5 Å². The highest BCUT2D eigenvalue weighted by Crippen LogP contribution is 2.36. The SMILES string of the molecule is CCOc1cc(N(Cc2ccccn2)c2ccc(C(=N)N)cc2)ccc1OC(C)C.O=C(O)C(F)(F)F.O=C(O)C(F)(F)F. The van der Waals surface area contributed by atoms with Crippen LogP contribution in [-0.2, 0) is 16.1 Å². The van der Waals surface area contributed by atoms with Crippen LogP contribution in [0.25, 0.3) is 0 Å². The van der Waals surface area contributed by atoms with Crippen molar-refractivity contribution in [3.05, 3.63) is 78.1 Å². The van der Waals surface area contributed by atoms with Gasteiger partial charge in [0.1, 0.15) is 5.84 Å². The number of hydrogen-bond donors (Lipinski definition) is 4. The minimum atomic E-state index is -5.08. The number of nitrogens with two attached hydrogens (primary N) is 1. The monoisotopic (exact) mass is 632 g/mol. The summed E-state index contributed by atoms with van der Waals surface area (Å²) in [7, 11) is 0. The number of carbonyl (C=O) groups is 2. The van der Waals surface area contributed by atoms with E-state index in [1.54, 1.807) is 6.20 Å². The number of rotatable bonds is 9. The third-order valence-corrected chi connectivity index (χ3v) is 4.92. The zero-order chi connectivity index (χ0) is 33.7. The first-order valence-electron chi connectivity index (χ1n) is 12.5. The number of amidine groups is 1. The number of anilines is 2. The maximum atomic E-state index is 10.6. The largest absolute Gasteiger partial charge is 0.490 e. The smallest absolute Gasteiger partial charge is 0.490 e. The van der Waals surface area contributed by atoms with Gasteiger partial charge in [0.25, 0.3) is 0 Å². The molecule has 3 rings (SSSR count). The lowest BCUT2D eigenvalue weighted by Crippen LogP contribution is -2.21. The summed E-state index contributed by atoms with van der Waals surface area (Å²) < 4.78 is 75.2. The van der Waals surface area contributed by atoms with Gasteiger partial charge >= 0.3 is 24.3 Å². The van der Waals surface area contributed by atoms with E-state index in [9.17, 15) is 26.3 Å². The summed E-state index contributed by atoms with van der Waals surface area (Å²) in [6.45, 7) is 7.07. The van der Waals surface area contributed by atoms with Gasteiger partial charge in [0.2, 0.25) is 0 Å². The molecule has 0 aliphatic carbocycles. The van der Waals surface area contributed by atoms with E-state index in [2.05, 4.69) is 9.88 Å². The highest BCUT2D eigenvalue weighted by atomic mass is 19.4. The van der Waals surface area contributed by atoms with E-state index in [1.165, 1.54) is 0 Å². The summed E-state index contributed by atoms with van der Waals surface area (Å²) in [6.07, 6.45) is -8.32. The Balaban J connectivity index is 0.000000574. The highest BCUT2D eigenvalue weighted by Gasteiger charge is 2.38. The molecule has 240 valence electrons. The molecule has 0 saturated carbocycles. The Morgan fingerprint density at radius 3 is 1.84 bits per heavy atom. The van der Waals surface area contributed by atoms with Crippen LogP contribution in [0.3, 0.4) is 0 Å². The standard InChI is InChI=1S/C24H28N4O2.2C2HF3O2/c1-4-29-23-15-21(12-13-22(23)30-17(2)3)28(16-19-7-5-6-14-27-19)20-10-8-18(9-11-20)24(25)26;2*3-2(4,5)1(6)7/h5-15,17H,4,16H2,1-3H3,(H3,25,26);2*(H,6,7). The number of nitrogens with zero attached hydrogens (tertiary/aromatic N) is 2. The van der Waals surface area contributed by atoms with Crippen molar-refractivity contribution in [2.24, 2.45) is 5.73 Å². The zero-order valence-electron chi connectivity index (χ0n) is 23.6. The average Bonchev–Trinajstić information content (AvgIpc) is 2.93. The molecule has 1 aromatic heterocycles. The van der Waals surface area contributed by atoms with Crippen LogP contribution >= 0.6 is 0 Å². The third-order valence-electron chi connectivity index (χ3n) is 4.92. The maximum absolute atomic E-state index is 10.6. The normalized spacial score (nSPS) is 10.9. The average molecular weight is 633 g/mol. The van der Waals surface area contributed by atoms with Gasteiger partial charge in [-0.3, -0.25) is 10.4 Å². The number of alkyl halides is 6. The number of aliphatic carboxylic acids is 2. The molecule has 3 aromatic rings. The molecule has 0 unspecified atom stereocenters. The summed E-state index contributed by atoms with van der Waals surface area (Å²) in [5.74, 6) is -4.04. The van der Waals surface area contributed by atoms with E-state index in [0.717, 1.165) is 22.8 Å². The van der Waals surface area contributed by atoms with Gasteiger partial charge in [0.05, 0.1) is 24.9 Å². The number of halogens is 6. The first kappa shape index (κ1) is 37.0. The molecule has 10 nitrogen and oxygen atoms in total. The van der Waals surface area contributed by atoms with Gasteiger partial charge in [-0.15, -0.1) is 0 Å². The Hall–Kier alpha value is -5.02. The molecular formula is C28H30F6N4O6. The van der Waals surface area contributed by atoms with E-state index in [4.69, 9.17) is 40.4 Å². The molecule has 16 heteroatoms. The first-order chi connectivity index (χ1) is 20.4. The quantitative estimate of drug-likeness (QED) is 0.123. The number of pyridine rings is 1. The van der Waals surface area contributed by atoms with Crippen molar-refractivity contribution in [3.8, 4) is 11.5 Å². The Bertz CT molecular complexity index is 1340. The molecule has 0 atom stereocenters.